The standard InChI is InChI=1S/C15H10FNO2S2/c1-8-6-9(16)2-4-11(8)12-5-3-10(19-12)7-13-14(18)17-15(20)21-13/h2-7H,1H3,(H,17,18,20)/b13-7-. The molecule has 1 saturated heterocycles. The van der Waals surface area contributed by atoms with Gasteiger partial charge in [0.2, 0.25) is 0 Å². The average molecular weight is 319 g/mol. The van der Waals surface area contributed by atoms with Crippen molar-refractivity contribution in [3.63, 3.8) is 0 Å². The van der Waals surface area contributed by atoms with Gasteiger partial charge in [0.15, 0.2) is 0 Å². The molecule has 1 fully saturated rings. The highest BCUT2D eigenvalue weighted by atomic mass is 32.2. The first-order valence-electron chi connectivity index (χ1n) is 6.14. The average Bonchev–Trinajstić information content (AvgIpc) is 2.97. The van der Waals surface area contributed by atoms with Gasteiger partial charge in [0.1, 0.15) is 21.7 Å². The van der Waals surface area contributed by atoms with Gasteiger partial charge in [-0.2, -0.15) is 0 Å². The lowest BCUT2D eigenvalue weighted by Crippen LogP contribution is -2.17. The number of carbonyl (C=O) groups excluding carboxylic acids is 1. The van der Waals surface area contributed by atoms with Crippen LogP contribution in [0.25, 0.3) is 17.4 Å². The van der Waals surface area contributed by atoms with Crippen molar-refractivity contribution in [3.8, 4) is 11.3 Å². The smallest absolute Gasteiger partial charge is 0.263 e. The van der Waals surface area contributed by atoms with Gasteiger partial charge in [-0.05, 0) is 42.8 Å². The number of hydrogen-bond acceptors (Lipinski definition) is 4. The van der Waals surface area contributed by atoms with Crippen LogP contribution < -0.4 is 5.32 Å². The maximum Gasteiger partial charge on any atom is 0.263 e. The molecule has 0 aliphatic carbocycles. The van der Waals surface area contributed by atoms with Crippen molar-refractivity contribution in [1.82, 2.24) is 5.32 Å². The quantitative estimate of drug-likeness (QED) is 0.674. The second-order valence-corrected chi connectivity index (χ2v) is 6.23. The molecule has 2 heterocycles. The van der Waals surface area contributed by atoms with Crippen LogP contribution in [0.1, 0.15) is 11.3 Å². The fourth-order valence-electron chi connectivity index (χ4n) is 2.03. The van der Waals surface area contributed by atoms with Gasteiger partial charge in [0.25, 0.3) is 5.91 Å². The molecule has 0 bridgehead atoms. The zero-order valence-corrected chi connectivity index (χ0v) is 12.6. The highest BCUT2D eigenvalue weighted by Crippen LogP contribution is 2.30. The van der Waals surface area contributed by atoms with Gasteiger partial charge >= 0.3 is 0 Å². The molecular formula is C15H10FNO2S2. The minimum Gasteiger partial charge on any atom is -0.457 e. The molecule has 3 rings (SSSR count). The summed E-state index contributed by atoms with van der Waals surface area (Å²) in [5.74, 6) is 0.681. The highest BCUT2D eigenvalue weighted by Gasteiger charge is 2.22. The number of amides is 1. The highest BCUT2D eigenvalue weighted by molar-refractivity contribution is 8.26. The molecule has 106 valence electrons. The first kappa shape index (κ1) is 14.0. The lowest BCUT2D eigenvalue weighted by atomic mass is 10.1. The number of rotatable bonds is 2. The molecule has 1 N–H and O–H groups in total. The number of carbonyl (C=O) groups is 1. The summed E-state index contributed by atoms with van der Waals surface area (Å²) >= 11 is 6.13. The van der Waals surface area contributed by atoms with Crippen molar-refractivity contribution < 1.29 is 13.6 Å². The normalized spacial score (nSPS) is 16.6. The fraction of sp³-hybridized carbons (Fsp3) is 0.0667. The molecule has 1 aliphatic heterocycles. The summed E-state index contributed by atoms with van der Waals surface area (Å²) in [6, 6.07) is 8.08. The maximum atomic E-state index is 13.1. The van der Waals surface area contributed by atoms with Crippen LogP contribution in [0.2, 0.25) is 0 Å². The van der Waals surface area contributed by atoms with E-state index in [1.807, 2.05) is 6.92 Å². The van der Waals surface area contributed by atoms with E-state index in [0.717, 1.165) is 11.1 Å². The van der Waals surface area contributed by atoms with Crippen molar-refractivity contribution in [3.05, 3.63) is 52.4 Å². The Labute approximate surface area is 130 Å². The lowest BCUT2D eigenvalue weighted by Gasteiger charge is -2.02. The first-order chi connectivity index (χ1) is 10.0. The topological polar surface area (TPSA) is 42.2 Å². The van der Waals surface area contributed by atoms with E-state index in [9.17, 15) is 9.18 Å². The largest absolute Gasteiger partial charge is 0.457 e. The Kier molecular flexibility index (Phi) is 3.65. The van der Waals surface area contributed by atoms with Crippen LogP contribution >= 0.6 is 24.0 Å². The number of furan rings is 1. The van der Waals surface area contributed by atoms with Crippen molar-refractivity contribution in [1.29, 1.82) is 0 Å². The monoisotopic (exact) mass is 319 g/mol. The zero-order valence-electron chi connectivity index (χ0n) is 11.0. The molecule has 0 unspecified atom stereocenters. The molecule has 6 heteroatoms. The van der Waals surface area contributed by atoms with Crippen LogP contribution in [0.5, 0.6) is 0 Å². The summed E-state index contributed by atoms with van der Waals surface area (Å²) in [4.78, 5) is 12.1. The number of benzene rings is 1. The minimum atomic E-state index is -0.280. The van der Waals surface area contributed by atoms with Crippen LogP contribution in [-0.2, 0) is 4.79 Å². The molecule has 21 heavy (non-hydrogen) atoms. The van der Waals surface area contributed by atoms with Crippen molar-refractivity contribution in [2.75, 3.05) is 0 Å². The Bertz CT molecular complexity index is 780. The van der Waals surface area contributed by atoms with Crippen molar-refractivity contribution in [2.45, 2.75) is 6.92 Å². The molecule has 0 spiro atoms. The van der Waals surface area contributed by atoms with Crippen LogP contribution in [0.15, 0.2) is 39.7 Å². The van der Waals surface area contributed by atoms with E-state index in [0.29, 0.717) is 20.7 Å². The van der Waals surface area contributed by atoms with Gasteiger partial charge in [-0.15, -0.1) is 0 Å². The third kappa shape index (κ3) is 2.91. The Balaban J connectivity index is 1.92. The van der Waals surface area contributed by atoms with E-state index in [4.69, 9.17) is 16.6 Å². The molecule has 3 nitrogen and oxygen atoms in total. The summed E-state index contributed by atoms with van der Waals surface area (Å²) in [5, 5.41) is 2.54. The number of thiocarbonyl (C=S) groups is 1. The zero-order chi connectivity index (χ0) is 15.0. The first-order valence-corrected chi connectivity index (χ1v) is 7.36. The van der Waals surface area contributed by atoms with E-state index < -0.39 is 0 Å². The predicted octanol–water partition coefficient (Wildman–Crippen LogP) is 3.88. The van der Waals surface area contributed by atoms with Gasteiger partial charge < -0.3 is 9.73 Å². The van der Waals surface area contributed by atoms with Crippen molar-refractivity contribution in [2.24, 2.45) is 0 Å². The summed E-state index contributed by atoms with van der Waals surface area (Å²) in [6.45, 7) is 1.82. The van der Waals surface area contributed by atoms with E-state index >= 15 is 0 Å². The second kappa shape index (κ2) is 5.46. The third-order valence-electron chi connectivity index (χ3n) is 3.00. The summed E-state index contributed by atoms with van der Waals surface area (Å²) < 4.78 is 19.3. The fourth-order valence-corrected chi connectivity index (χ4v) is 3.05. The number of halogens is 1. The molecule has 2 aromatic rings. The summed E-state index contributed by atoms with van der Waals surface area (Å²) in [5.41, 5.74) is 1.61. The van der Waals surface area contributed by atoms with E-state index in [-0.39, 0.29) is 11.7 Å². The third-order valence-corrected chi connectivity index (χ3v) is 4.16. The maximum absolute atomic E-state index is 13.1. The number of nitrogens with one attached hydrogen (secondary N) is 1. The van der Waals surface area contributed by atoms with Gasteiger partial charge in [0, 0.05) is 11.6 Å². The molecule has 1 aromatic carbocycles. The Hall–Kier alpha value is -1.92. The van der Waals surface area contributed by atoms with Gasteiger partial charge in [-0.25, -0.2) is 4.39 Å². The van der Waals surface area contributed by atoms with Gasteiger partial charge in [-0.1, -0.05) is 24.0 Å². The molecule has 1 aromatic heterocycles. The van der Waals surface area contributed by atoms with Gasteiger partial charge in [0.05, 0.1) is 4.91 Å². The van der Waals surface area contributed by atoms with Crippen LogP contribution in [0.4, 0.5) is 4.39 Å². The molecule has 0 saturated carbocycles. The molecular weight excluding hydrogens is 309 g/mol. The van der Waals surface area contributed by atoms with E-state index in [1.54, 1.807) is 24.3 Å². The lowest BCUT2D eigenvalue weighted by molar-refractivity contribution is -0.115. The number of thioether (sulfide) groups is 1. The SMILES string of the molecule is Cc1cc(F)ccc1-c1ccc(/C=C2\SC(=S)NC2=O)o1. The molecule has 0 atom stereocenters. The van der Waals surface area contributed by atoms with E-state index in [1.165, 1.54) is 23.9 Å². The Morgan fingerprint density at radius 1 is 1.33 bits per heavy atom. The van der Waals surface area contributed by atoms with Crippen LogP contribution in [0, 0.1) is 12.7 Å². The van der Waals surface area contributed by atoms with Crippen LogP contribution in [-0.4, -0.2) is 10.2 Å². The number of hydrogen-bond donors (Lipinski definition) is 1. The van der Waals surface area contributed by atoms with Crippen molar-refractivity contribution >= 4 is 40.3 Å². The minimum absolute atomic E-state index is 0.221. The molecule has 0 radical (unpaired) electrons. The molecule has 1 aliphatic rings. The Morgan fingerprint density at radius 3 is 2.81 bits per heavy atom. The van der Waals surface area contributed by atoms with Gasteiger partial charge in [-0.3, -0.25) is 4.79 Å². The second-order valence-electron chi connectivity index (χ2n) is 4.51. The Morgan fingerprint density at radius 2 is 2.14 bits per heavy atom. The van der Waals surface area contributed by atoms with Crippen LogP contribution in [0.3, 0.4) is 0 Å². The predicted molar refractivity (Wildman–Crippen MR) is 85.1 cm³/mol. The number of aryl methyl sites for hydroxylation is 1. The van der Waals surface area contributed by atoms with E-state index in [2.05, 4.69) is 5.32 Å². The molecule has 1 amide bonds. The summed E-state index contributed by atoms with van der Waals surface area (Å²) in [6.07, 6.45) is 1.64. The summed E-state index contributed by atoms with van der Waals surface area (Å²) in [7, 11) is 0.